The van der Waals surface area contributed by atoms with Gasteiger partial charge in [0.1, 0.15) is 0 Å². The third-order valence-electron chi connectivity index (χ3n) is 4.58. The lowest BCUT2D eigenvalue weighted by atomic mass is 9.73. The predicted molar refractivity (Wildman–Crippen MR) is 75.7 cm³/mol. The number of benzene rings is 1. The fourth-order valence-corrected chi connectivity index (χ4v) is 3.25. The van der Waals surface area contributed by atoms with Gasteiger partial charge in [-0.3, -0.25) is 0 Å². The Balaban J connectivity index is 2.40. The van der Waals surface area contributed by atoms with Crippen molar-refractivity contribution in [3.63, 3.8) is 0 Å². The summed E-state index contributed by atoms with van der Waals surface area (Å²) in [7, 11) is 2.14. The molecule has 2 nitrogen and oxygen atoms in total. The van der Waals surface area contributed by atoms with E-state index in [4.69, 9.17) is 0 Å². The van der Waals surface area contributed by atoms with Crippen molar-refractivity contribution in [2.24, 2.45) is 5.92 Å². The van der Waals surface area contributed by atoms with E-state index in [0.29, 0.717) is 6.04 Å². The summed E-state index contributed by atoms with van der Waals surface area (Å²) >= 11 is 0. The molecule has 1 aromatic carbocycles. The molecule has 0 radical (unpaired) electrons. The van der Waals surface area contributed by atoms with Crippen LogP contribution in [0, 0.1) is 19.8 Å². The number of hydrogen-bond donors (Lipinski definition) is 1. The zero-order valence-electron chi connectivity index (χ0n) is 12.2. The topological polar surface area (TPSA) is 23.5 Å². The Morgan fingerprint density at radius 1 is 1.28 bits per heavy atom. The van der Waals surface area contributed by atoms with Gasteiger partial charge in [0.25, 0.3) is 0 Å². The second kappa shape index (κ2) is 4.67. The van der Waals surface area contributed by atoms with Crippen molar-refractivity contribution in [1.29, 1.82) is 0 Å². The van der Waals surface area contributed by atoms with Crippen molar-refractivity contribution in [2.45, 2.75) is 45.8 Å². The average Bonchev–Trinajstić information content (AvgIpc) is 2.26. The van der Waals surface area contributed by atoms with Crippen LogP contribution in [-0.4, -0.2) is 29.6 Å². The van der Waals surface area contributed by atoms with Gasteiger partial charge in [0.05, 0.1) is 5.60 Å². The minimum Gasteiger partial charge on any atom is -0.385 e. The van der Waals surface area contributed by atoms with Crippen LogP contribution in [0.4, 0.5) is 0 Å². The van der Waals surface area contributed by atoms with Crippen LogP contribution in [0.5, 0.6) is 0 Å². The highest BCUT2D eigenvalue weighted by atomic mass is 16.3. The minimum absolute atomic E-state index is 0.264. The molecule has 1 heterocycles. The fourth-order valence-electron chi connectivity index (χ4n) is 3.25. The summed E-state index contributed by atoms with van der Waals surface area (Å²) < 4.78 is 0. The maximum absolute atomic E-state index is 11.1. The molecule has 0 spiro atoms. The largest absolute Gasteiger partial charge is 0.385 e. The summed E-state index contributed by atoms with van der Waals surface area (Å²) in [6.07, 6.45) is 0.814. The van der Waals surface area contributed by atoms with Crippen LogP contribution in [-0.2, 0) is 5.60 Å². The number of aliphatic hydroxyl groups is 1. The quantitative estimate of drug-likeness (QED) is 0.825. The van der Waals surface area contributed by atoms with Crippen LogP contribution >= 0.6 is 0 Å². The number of piperidine rings is 1. The van der Waals surface area contributed by atoms with E-state index < -0.39 is 5.60 Å². The van der Waals surface area contributed by atoms with Gasteiger partial charge < -0.3 is 10.0 Å². The van der Waals surface area contributed by atoms with E-state index >= 15 is 0 Å². The van der Waals surface area contributed by atoms with Crippen LogP contribution in [0.2, 0.25) is 0 Å². The first kappa shape index (κ1) is 13.6. The number of aryl methyl sites for hydroxylation is 2. The molecule has 0 saturated carbocycles. The van der Waals surface area contributed by atoms with E-state index in [2.05, 4.69) is 57.8 Å². The molecule has 3 atom stereocenters. The molecule has 0 amide bonds. The first-order valence-electron chi connectivity index (χ1n) is 6.85. The molecule has 2 heteroatoms. The number of nitrogens with zero attached hydrogens (tertiary/aromatic N) is 1. The molecule has 0 bridgehead atoms. The van der Waals surface area contributed by atoms with Gasteiger partial charge in [-0.1, -0.05) is 30.7 Å². The second-order valence-electron chi connectivity index (χ2n) is 6.14. The van der Waals surface area contributed by atoms with Crippen molar-refractivity contribution in [1.82, 2.24) is 4.90 Å². The molecule has 100 valence electrons. The molecule has 0 unspecified atom stereocenters. The van der Waals surface area contributed by atoms with Crippen LogP contribution in [0.3, 0.4) is 0 Å². The van der Waals surface area contributed by atoms with Crippen LogP contribution in [0.1, 0.15) is 37.0 Å². The second-order valence-corrected chi connectivity index (χ2v) is 6.14. The van der Waals surface area contributed by atoms with Gasteiger partial charge in [-0.15, -0.1) is 0 Å². The molecule has 2 rings (SSSR count). The third kappa shape index (κ3) is 2.19. The Hall–Kier alpha value is -0.860. The van der Waals surface area contributed by atoms with E-state index in [0.717, 1.165) is 18.5 Å². The monoisotopic (exact) mass is 247 g/mol. The molecule has 0 aliphatic carbocycles. The Morgan fingerprint density at radius 3 is 2.56 bits per heavy atom. The molecular formula is C16H25NO. The maximum atomic E-state index is 11.1. The van der Waals surface area contributed by atoms with Crippen LogP contribution in [0.15, 0.2) is 18.2 Å². The van der Waals surface area contributed by atoms with Gasteiger partial charge in [-0.2, -0.15) is 0 Å². The van der Waals surface area contributed by atoms with E-state index in [-0.39, 0.29) is 5.92 Å². The van der Waals surface area contributed by atoms with E-state index in [1.165, 1.54) is 11.1 Å². The van der Waals surface area contributed by atoms with Gasteiger partial charge in [-0.25, -0.2) is 0 Å². The summed E-state index contributed by atoms with van der Waals surface area (Å²) in [5.74, 6) is 0.264. The lowest BCUT2D eigenvalue weighted by Crippen LogP contribution is -2.51. The van der Waals surface area contributed by atoms with Crippen LogP contribution in [0.25, 0.3) is 0 Å². The summed E-state index contributed by atoms with van der Waals surface area (Å²) in [4.78, 5) is 2.34. The Morgan fingerprint density at radius 2 is 1.94 bits per heavy atom. The normalized spacial score (nSPS) is 33.7. The Bertz CT molecular complexity index is 443. The maximum Gasteiger partial charge on any atom is 0.0951 e. The molecule has 1 saturated heterocycles. The summed E-state index contributed by atoms with van der Waals surface area (Å²) in [5.41, 5.74) is 2.90. The Kier molecular flexibility index (Phi) is 3.52. The van der Waals surface area contributed by atoms with Gasteiger partial charge in [0.15, 0.2) is 0 Å². The summed E-state index contributed by atoms with van der Waals surface area (Å²) in [6.45, 7) is 9.50. The summed E-state index contributed by atoms with van der Waals surface area (Å²) in [6, 6.07) is 6.81. The van der Waals surface area contributed by atoms with E-state index in [1.807, 2.05) is 0 Å². The predicted octanol–water partition coefficient (Wildman–Crippen LogP) is 2.85. The molecule has 1 aliphatic heterocycles. The van der Waals surface area contributed by atoms with Crippen molar-refractivity contribution in [3.8, 4) is 0 Å². The number of hydrogen-bond acceptors (Lipinski definition) is 2. The molecule has 1 aliphatic rings. The van der Waals surface area contributed by atoms with E-state index in [1.54, 1.807) is 0 Å². The van der Waals surface area contributed by atoms with Gasteiger partial charge in [0.2, 0.25) is 0 Å². The highest BCUT2D eigenvalue weighted by Crippen LogP contribution is 2.40. The molecule has 18 heavy (non-hydrogen) atoms. The molecule has 1 fully saturated rings. The number of likely N-dealkylation sites (tertiary alicyclic amines) is 1. The SMILES string of the molecule is Cc1ccc([C@]2(O)C[C@H](C)N(C)C[C@@H]2C)c(C)c1. The zero-order valence-corrected chi connectivity index (χ0v) is 12.2. The van der Waals surface area contributed by atoms with Crippen molar-refractivity contribution in [2.75, 3.05) is 13.6 Å². The van der Waals surface area contributed by atoms with Gasteiger partial charge in [-0.05, 0) is 45.4 Å². The lowest BCUT2D eigenvalue weighted by Gasteiger charge is -2.46. The average molecular weight is 247 g/mol. The van der Waals surface area contributed by atoms with E-state index in [9.17, 15) is 5.11 Å². The molecule has 1 N–H and O–H groups in total. The standard InChI is InChI=1S/C16H25NO/c1-11-6-7-15(12(2)8-11)16(18)9-14(4)17(5)10-13(16)3/h6-8,13-14,18H,9-10H2,1-5H3/t13-,14-,16-/m0/s1. The third-order valence-corrected chi connectivity index (χ3v) is 4.58. The van der Waals surface area contributed by atoms with Gasteiger partial charge >= 0.3 is 0 Å². The Labute approximate surface area is 111 Å². The first-order chi connectivity index (χ1) is 8.34. The van der Waals surface area contributed by atoms with Crippen molar-refractivity contribution < 1.29 is 5.11 Å². The molecule has 1 aromatic rings. The summed E-state index contributed by atoms with van der Waals surface area (Å²) in [5, 5.41) is 11.1. The zero-order chi connectivity index (χ0) is 13.5. The minimum atomic E-state index is -0.677. The lowest BCUT2D eigenvalue weighted by molar-refractivity contribution is -0.0847. The number of rotatable bonds is 1. The van der Waals surface area contributed by atoms with Crippen molar-refractivity contribution >= 4 is 0 Å². The van der Waals surface area contributed by atoms with Crippen molar-refractivity contribution in [3.05, 3.63) is 34.9 Å². The smallest absolute Gasteiger partial charge is 0.0951 e. The first-order valence-corrected chi connectivity index (χ1v) is 6.85. The highest BCUT2D eigenvalue weighted by Gasteiger charge is 2.42. The van der Waals surface area contributed by atoms with Gasteiger partial charge in [0, 0.05) is 18.5 Å². The fraction of sp³-hybridized carbons (Fsp3) is 0.625. The highest BCUT2D eigenvalue weighted by molar-refractivity contribution is 5.36. The molecule has 0 aromatic heterocycles. The van der Waals surface area contributed by atoms with Crippen LogP contribution < -0.4 is 0 Å². The molecular weight excluding hydrogens is 222 g/mol.